The number of anilines is 1. The van der Waals surface area contributed by atoms with Crippen molar-refractivity contribution in [2.45, 2.75) is 50.3 Å². The number of thioether (sulfide) groups is 1. The number of halogens is 3. The van der Waals surface area contributed by atoms with Crippen molar-refractivity contribution in [1.29, 1.82) is 0 Å². The first kappa shape index (κ1) is 33.2. The van der Waals surface area contributed by atoms with Crippen LogP contribution in [0.25, 0.3) is 0 Å². The van der Waals surface area contributed by atoms with Crippen LogP contribution in [0, 0.1) is 11.6 Å². The summed E-state index contributed by atoms with van der Waals surface area (Å²) in [6, 6.07) is 6.72. The average molecular weight is 624 g/mol. The van der Waals surface area contributed by atoms with E-state index in [4.69, 9.17) is 25.8 Å². The lowest BCUT2D eigenvalue weighted by Crippen LogP contribution is -2.40. The third-order valence-electron chi connectivity index (χ3n) is 6.32. The van der Waals surface area contributed by atoms with Gasteiger partial charge >= 0.3 is 11.9 Å². The van der Waals surface area contributed by atoms with Crippen molar-refractivity contribution in [3.05, 3.63) is 69.8 Å². The minimum atomic E-state index is -1.01. The number of rotatable bonds is 13. The van der Waals surface area contributed by atoms with Crippen LogP contribution >= 0.6 is 23.4 Å². The summed E-state index contributed by atoms with van der Waals surface area (Å²) in [6.07, 6.45) is 3.06. The van der Waals surface area contributed by atoms with Gasteiger partial charge in [0.15, 0.2) is 0 Å². The summed E-state index contributed by atoms with van der Waals surface area (Å²) < 4.78 is 44.9. The van der Waals surface area contributed by atoms with E-state index in [9.17, 15) is 23.6 Å². The van der Waals surface area contributed by atoms with Crippen LogP contribution in [0.3, 0.4) is 0 Å². The van der Waals surface area contributed by atoms with Gasteiger partial charge in [-0.15, -0.1) is 11.8 Å². The Morgan fingerprint density at radius 3 is 2.38 bits per heavy atom. The molecular formula is C30H32ClF2NO7S. The number of methoxy groups -OCH3 is 1. The number of amides is 2. The molecule has 2 aromatic rings. The molecule has 1 aliphatic carbocycles. The number of carbonyl (C=O) groups is 4. The predicted molar refractivity (Wildman–Crippen MR) is 155 cm³/mol. The van der Waals surface area contributed by atoms with Crippen LogP contribution in [0.1, 0.15) is 55.8 Å². The van der Waals surface area contributed by atoms with Crippen LogP contribution < -0.4 is 4.90 Å². The number of carbonyl (C=O) groups excluding carboxylic acids is 4. The van der Waals surface area contributed by atoms with Gasteiger partial charge in [-0.2, -0.15) is 0 Å². The Morgan fingerprint density at radius 2 is 1.69 bits per heavy atom. The quantitative estimate of drug-likeness (QED) is 0.111. The normalized spacial score (nSPS) is 13.1. The van der Waals surface area contributed by atoms with Crippen molar-refractivity contribution in [3.8, 4) is 0 Å². The summed E-state index contributed by atoms with van der Waals surface area (Å²) in [5.74, 6) is -5.09. The fourth-order valence-electron chi connectivity index (χ4n) is 4.18. The van der Waals surface area contributed by atoms with Crippen LogP contribution in [-0.4, -0.2) is 56.4 Å². The summed E-state index contributed by atoms with van der Waals surface area (Å²) in [7, 11) is 1.45. The number of ether oxygens (including phenoxy) is 3. The van der Waals surface area contributed by atoms with Gasteiger partial charge in [0, 0.05) is 28.7 Å². The number of hydrogen-bond donors (Lipinski definition) is 0. The van der Waals surface area contributed by atoms with Gasteiger partial charge in [0.2, 0.25) is 0 Å². The maximum Gasteiger partial charge on any atom is 0.334 e. The maximum absolute atomic E-state index is 15.5. The van der Waals surface area contributed by atoms with Gasteiger partial charge in [-0.3, -0.25) is 14.4 Å². The second kappa shape index (κ2) is 16.4. The molecule has 0 radical (unpaired) electrons. The molecule has 1 aliphatic rings. The lowest BCUT2D eigenvalue weighted by Gasteiger charge is -2.26. The second-order valence-corrected chi connectivity index (χ2v) is 10.8. The molecule has 0 saturated carbocycles. The topological polar surface area (TPSA) is 99.2 Å². The number of benzene rings is 2. The molecule has 0 aliphatic heterocycles. The number of imide groups is 1. The first-order chi connectivity index (χ1) is 20.2. The van der Waals surface area contributed by atoms with Crippen molar-refractivity contribution in [1.82, 2.24) is 0 Å². The minimum Gasteiger partial charge on any atom is -0.465 e. The maximum atomic E-state index is 15.5. The van der Waals surface area contributed by atoms with E-state index in [-0.39, 0.29) is 65.0 Å². The monoisotopic (exact) mass is 623 g/mol. The van der Waals surface area contributed by atoms with E-state index >= 15 is 4.39 Å². The Bertz CT molecular complexity index is 1350. The zero-order valence-electron chi connectivity index (χ0n) is 23.4. The Hall–Kier alpha value is -3.28. The van der Waals surface area contributed by atoms with E-state index in [1.54, 1.807) is 0 Å². The number of unbranched alkanes of at least 4 members (excludes halogenated alkanes) is 1. The van der Waals surface area contributed by atoms with Crippen LogP contribution in [0.4, 0.5) is 14.5 Å². The molecule has 0 N–H and O–H groups in total. The molecule has 0 bridgehead atoms. The van der Waals surface area contributed by atoms with Gasteiger partial charge in [-0.1, -0.05) is 31.0 Å². The van der Waals surface area contributed by atoms with Crippen LogP contribution in [0.2, 0.25) is 5.02 Å². The van der Waals surface area contributed by atoms with E-state index in [1.165, 1.54) is 25.3 Å². The Balaban J connectivity index is 2.05. The molecule has 0 spiro atoms. The largest absolute Gasteiger partial charge is 0.465 e. The summed E-state index contributed by atoms with van der Waals surface area (Å²) in [5, 5.41) is -0.0486. The fourth-order valence-corrected chi connectivity index (χ4v) is 5.24. The molecule has 42 heavy (non-hydrogen) atoms. The third kappa shape index (κ3) is 8.86. The zero-order chi connectivity index (χ0) is 30.6. The second-order valence-electron chi connectivity index (χ2n) is 9.35. The summed E-state index contributed by atoms with van der Waals surface area (Å²) in [5.41, 5.74) is -0.604. The van der Waals surface area contributed by atoms with Crippen LogP contribution in [0.5, 0.6) is 0 Å². The van der Waals surface area contributed by atoms with Gasteiger partial charge in [0.1, 0.15) is 18.2 Å². The Labute approximate surface area is 252 Å². The van der Waals surface area contributed by atoms with E-state index in [0.29, 0.717) is 24.2 Å². The number of nitrogens with zero attached hydrogens (tertiary/aromatic N) is 1. The highest BCUT2D eigenvalue weighted by Gasteiger charge is 2.34. The van der Waals surface area contributed by atoms with Gasteiger partial charge < -0.3 is 14.2 Å². The highest BCUT2D eigenvalue weighted by Crippen LogP contribution is 2.36. The summed E-state index contributed by atoms with van der Waals surface area (Å²) >= 11 is 7.20. The molecule has 0 aromatic heterocycles. The molecule has 2 aromatic carbocycles. The van der Waals surface area contributed by atoms with E-state index < -0.39 is 41.1 Å². The minimum absolute atomic E-state index is 0.00326. The Kier molecular flexibility index (Phi) is 13.0. The Morgan fingerprint density at radius 1 is 0.952 bits per heavy atom. The third-order valence-corrected chi connectivity index (χ3v) is 7.77. The van der Waals surface area contributed by atoms with Crippen molar-refractivity contribution in [3.63, 3.8) is 0 Å². The van der Waals surface area contributed by atoms with Gasteiger partial charge in [-0.05, 0) is 62.4 Å². The molecular weight excluding hydrogens is 592 g/mol. The predicted octanol–water partition coefficient (Wildman–Crippen LogP) is 6.29. The molecule has 2 amide bonds. The lowest BCUT2D eigenvalue weighted by molar-refractivity contribution is -0.141. The standard InChI is InChI=1S/C30H32ClF2NO7S/c1-3-4-12-40-27(35)18-42-26-17-25(24(33)16-23(26)31)34(28(36)19-8-7-9-20(32)15-19)29(37)21-10-5-6-11-22(21)30(38)41-14-13-39-2/h7-9,15-17H,3-6,10-14,18H2,1-2H3. The molecule has 0 fully saturated rings. The highest BCUT2D eigenvalue weighted by molar-refractivity contribution is 8.00. The summed E-state index contributed by atoms with van der Waals surface area (Å²) in [4.78, 5) is 53.6. The highest BCUT2D eigenvalue weighted by atomic mass is 35.5. The van der Waals surface area contributed by atoms with Crippen molar-refractivity contribution < 1.29 is 42.2 Å². The van der Waals surface area contributed by atoms with Crippen LogP contribution in [-0.2, 0) is 28.6 Å². The molecule has 12 heteroatoms. The van der Waals surface area contributed by atoms with Crippen molar-refractivity contribution in [2.75, 3.05) is 37.6 Å². The molecule has 0 heterocycles. The molecule has 3 rings (SSSR count). The van der Waals surface area contributed by atoms with Crippen LogP contribution in [0.15, 0.2) is 52.4 Å². The molecule has 226 valence electrons. The first-order valence-corrected chi connectivity index (χ1v) is 14.8. The fraction of sp³-hybridized carbons (Fsp3) is 0.400. The smallest absolute Gasteiger partial charge is 0.334 e. The number of hydrogen-bond acceptors (Lipinski definition) is 8. The lowest BCUT2D eigenvalue weighted by atomic mass is 9.90. The molecule has 0 unspecified atom stereocenters. The average Bonchev–Trinajstić information content (AvgIpc) is 2.97. The molecule has 8 nitrogen and oxygen atoms in total. The van der Waals surface area contributed by atoms with E-state index in [2.05, 4.69) is 0 Å². The molecule has 0 atom stereocenters. The van der Waals surface area contributed by atoms with E-state index in [0.717, 1.165) is 36.4 Å². The summed E-state index contributed by atoms with van der Waals surface area (Å²) in [6.45, 7) is 2.32. The van der Waals surface area contributed by atoms with Crippen molar-refractivity contribution in [2.24, 2.45) is 0 Å². The zero-order valence-corrected chi connectivity index (χ0v) is 25.0. The number of esters is 2. The first-order valence-electron chi connectivity index (χ1n) is 13.5. The van der Waals surface area contributed by atoms with Crippen molar-refractivity contribution >= 4 is 52.8 Å². The molecule has 0 saturated heterocycles. The van der Waals surface area contributed by atoms with E-state index in [1.807, 2.05) is 6.92 Å². The van der Waals surface area contributed by atoms with Gasteiger partial charge in [0.05, 0.1) is 29.7 Å². The SMILES string of the molecule is CCCCOC(=O)CSc1cc(N(C(=O)C2=C(C(=O)OCCOC)CCCC2)C(=O)c2cccc(F)c2)c(F)cc1Cl. The van der Waals surface area contributed by atoms with Gasteiger partial charge in [0.25, 0.3) is 11.8 Å². The van der Waals surface area contributed by atoms with Gasteiger partial charge in [-0.25, -0.2) is 18.5 Å².